The van der Waals surface area contributed by atoms with Crippen LogP contribution in [0.2, 0.25) is 0 Å². The van der Waals surface area contributed by atoms with Crippen molar-refractivity contribution < 1.29 is 19.2 Å². The number of hydrogen-bond donors (Lipinski definition) is 2. The number of benzene rings is 1. The second kappa shape index (κ2) is 8.54. The number of rotatable bonds is 8. The first-order valence-electron chi connectivity index (χ1n) is 7.56. The molecule has 0 saturated carbocycles. The van der Waals surface area contributed by atoms with Gasteiger partial charge in [0.15, 0.2) is 0 Å². The minimum Gasteiger partial charge on any atom is -0.481 e. The van der Waals surface area contributed by atoms with Gasteiger partial charge in [-0.1, -0.05) is 17.3 Å². The Labute approximate surface area is 144 Å². The Balaban J connectivity index is 1.82. The van der Waals surface area contributed by atoms with E-state index < -0.39 is 5.97 Å². The summed E-state index contributed by atoms with van der Waals surface area (Å²) in [4.78, 5) is 22.6. The Morgan fingerprint density at radius 3 is 2.79 bits per heavy atom. The zero-order valence-electron chi connectivity index (χ0n) is 13.7. The van der Waals surface area contributed by atoms with Gasteiger partial charge in [-0.2, -0.15) is 0 Å². The molecule has 6 nitrogen and oxygen atoms in total. The van der Waals surface area contributed by atoms with Crippen LogP contribution in [0, 0.1) is 13.8 Å². The lowest BCUT2D eigenvalue weighted by Crippen LogP contribution is -2.14. The van der Waals surface area contributed by atoms with Crippen molar-refractivity contribution in [3.8, 4) is 0 Å². The molecule has 2 rings (SSSR count). The zero-order valence-corrected chi connectivity index (χ0v) is 14.5. The van der Waals surface area contributed by atoms with Crippen LogP contribution in [-0.2, 0) is 21.8 Å². The fourth-order valence-corrected chi connectivity index (χ4v) is 3.18. The summed E-state index contributed by atoms with van der Waals surface area (Å²) < 4.78 is 5.10. The molecule has 1 aromatic carbocycles. The van der Waals surface area contributed by atoms with Gasteiger partial charge in [-0.25, -0.2) is 0 Å². The molecule has 0 aliphatic carbocycles. The molecule has 2 aromatic rings. The molecular formula is C17H20N2O4S. The van der Waals surface area contributed by atoms with Crippen LogP contribution in [0.25, 0.3) is 0 Å². The highest BCUT2D eigenvalue weighted by Gasteiger charge is 2.10. The summed E-state index contributed by atoms with van der Waals surface area (Å²) in [7, 11) is 0. The summed E-state index contributed by atoms with van der Waals surface area (Å²) in [6, 6.07) is 7.26. The number of nitrogens with one attached hydrogen (secondary N) is 1. The van der Waals surface area contributed by atoms with E-state index in [1.54, 1.807) is 12.1 Å². The first-order chi connectivity index (χ1) is 11.5. The number of hydrogen-bond acceptors (Lipinski definition) is 5. The molecule has 0 spiro atoms. The van der Waals surface area contributed by atoms with Gasteiger partial charge in [0.25, 0.3) is 0 Å². The Morgan fingerprint density at radius 2 is 2.12 bits per heavy atom. The van der Waals surface area contributed by atoms with Gasteiger partial charge in [-0.05, 0) is 38.0 Å². The normalized spacial score (nSPS) is 10.6. The van der Waals surface area contributed by atoms with Crippen molar-refractivity contribution >= 4 is 29.3 Å². The average Bonchev–Trinajstić information content (AvgIpc) is 2.85. The average molecular weight is 348 g/mol. The van der Waals surface area contributed by atoms with Crippen molar-refractivity contribution in [3.63, 3.8) is 0 Å². The molecule has 128 valence electrons. The Kier molecular flexibility index (Phi) is 6.43. The van der Waals surface area contributed by atoms with Crippen molar-refractivity contribution in [2.75, 3.05) is 11.1 Å². The van der Waals surface area contributed by atoms with E-state index in [-0.39, 0.29) is 12.3 Å². The quantitative estimate of drug-likeness (QED) is 0.761. The monoisotopic (exact) mass is 348 g/mol. The number of carboxylic acid groups (broad SMARTS) is 1. The van der Waals surface area contributed by atoms with Gasteiger partial charge in [-0.15, -0.1) is 11.8 Å². The van der Waals surface area contributed by atoms with Crippen LogP contribution >= 0.6 is 11.8 Å². The molecule has 0 aliphatic heterocycles. The van der Waals surface area contributed by atoms with E-state index in [1.807, 2.05) is 26.0 Å². The lowest BCUT2D eigenvalue weighted by Gasteiger charge is -2.07. The predicted octanol–water partition coefficient (Wildman–Crippen LogP) is 3.18. The molecule has 0 bridgehead atoms. The molecule has 1 heterocycles. The molecule has 7 heteroatoms. The van der Waals surface area contributed by atoms with Crippen LogP contribution in [0.4, 0.5) is 5.69 Å². The van der Waals surface area contributed by atoms with E-state index in [9.17, 15) is 9.59 Å². The van der Waals surface area contributed by atoms with E-state index in [4.69, 9.17) is 9.63 Å². The molecule has 0 radical (unpaired) electrons. The number of aliphatic carboxylic acids is 1. The van der Waals surface area contributed by atoms with Gasteiger partial charge in [0, 0.05) is 23.4 Å². The second-order valence-electron chi connectivity index (χ2n) is 5.44. The van der Waals surface area contributed by atoms with Crippen molar-refractivity contribution in [1.82, 2.24) is 5.16 Å². The van der Waals surface area contributed by atoms with Crippen molar-refractivity contribution in [3.05, 3.63) is 46.8 Å². The van der Waals surface area contributed by atoms with Crippen LogP contribution < -0.4 is 5.32 Å². The van der Waals surface area contributed by atoms with Gasteiger partial charge in [0.05, 0.1) is 11.4 Å². The van der Waals surface area contributed by atoms with Crippen LogP contribution in [0.3, 0.4) is 0 Å². The maximum Gasteiger partial charge on any atom is 0.303 e. The van der Waals surface area contributed by atoms with Gasteiger partial charge >= 0.3 is 5.97 Å². The Bertz CT molecular complexity index is 708. The molecule has 0 aliphatic rings. The number of carboxylic acids is 1. The second-order valence-corrected chi connectivity index (χ2v) is 6.42. The van der Waals surface area contributed by atoms with E-state index in [2.05, 4.69) is 10.5 Å². The lowest BCUT2D eigenvalue weighted by atomic mass is 10.1. The fourth-order valence-electron chi connectivity index (χ4n) is 2.21. The third kappa shape index (κ3) is 5.42. The standard InChI is InChI=1S/C17H20N2O4S/c1-11-15(12(2)23-19-11)9-24-10-16(20)18-14-5-3-4-13(8-14)6-7-17(21)22/h3-5,8H,6-7,9-10H2,1-2H3,(H,18,20)(H,21,22). The lowest BCUT2D eigenvalue weighted by molar-refractivity contribution is -0.137. The first kappa shape index (κ1) is 18.1. The fraction of sp³-hybridized carbons (Fsp3) is 0.353. The van der Waals surface area contributed by atoms with Crippen molar-refractivity contribution in [2.24, 2.45) is 0 Å². The molecule has 2 N–H and O–H groups in total. The molecule has 24 heavy (non-hydrogen) atoms. The third-order valence-corrected chi connectivity index (χ3v) is 4.46. The molecule has 1 amide bonds. The van der Waals surface area contributed by atoms with Gasteiger partial charge in [0.2, 0.25) is 5.91 Å². The van der Waals surface area contributed by atoms with E-state index in [1.165, 1.54) is 11.8 Å². The number of aromatic nitrogens is 1. The highest BCUT2D eigenvalue weighted by Crippen LogP contribution is 2.20. The topological polar surface area (TPSA) is 92.4 Å². The van der Waals surface area contributed by atoms with E-state index >= 15 is 0 Å². The maximum absolute atomic E-state index is 12.0. The number of thioether (sulfide) groups is 1. The zero-order chi connectivity index (χ0) is 17.5. The minimum absolute atomic E-state index is 0.0741. The number of aryl methyl sites for hydroxylation is 3. The molecule has 0 atom stereocenters. The summed E-state index contributed by atoms with van der Waals surface area (Å²) in [5.41, 5.74) is 3.45. The van der Waals surface area contributed by atoms with Crippen molar-refractivity contribution in [2.45, 2.75) is 32.4 Å². The van der Waals surface area contributed by atoms with Crippen LogP contribution in [0.15, 0.2) is 28.8 Å². The molecule has 0 unspecified atom stereocenters. The smallest absolute Gasteiger partial charge is 0.303 e. The van der Waals surface area contributed by atoms with E-state index in [0.29, 0.717) is 23.6 Å². The van der Waals surface area contributed by atoms with Crippen LogP contribution in [-0.4, -0.2) is 27.9 Å². The van der Waals surface area contributed by atoms with Gasteiger partial charge in [-0.3, -0.25) is 9.59 Å². The molecular weight excluding hydrogens is 328 g/mol. The van der Waals surface area contributed by atoms with Crippen LogP contribution in [0.5, 0.6) is 0 Å². The summed E-state index contributed by atoms with van der Waals surface area (Å²) >= 11 is 1.50. The number of carbonyl (C=O) groups is 2. The van der Waals surface area contributed by atoms with Gasteiger partial charge < -0.3 is 14.9 Å². The van der Waals surface area contributed by atoms with Gasteiger partial charge in [0.1, 0.15) is 5.76 Å². The molecule has 1 aromatic heterocycles. The molecule has 0 saturated heterocycles. The highest BCUT2D eigenvalue weighted by atomic mass is 32.2. The largest absolute Gasteiger partial charge is 0.481 e. The summed E-state index contributed by atoms with van der Waals surface area (Å²) in [6.07, 6.45) is 0.518. The minimum atomic E-state index is -0.833. The number of nitrogens with zero attached hydrogens (tertiary/aromatic N) is 1. The first-order valence-corrected chi connectivity index (χ1v) is 8.71. The van der Waals surface area contributed by atoms with Crippen LogP contribution in [0.1, 0.15) is 29.0 Å². The number of amides is 1. The summed E-state index contributed by atoms with van der Waals surface area (Å²) in [6.45, 7) is 3.74. The SMILES string of the molecule is Cc1noc(C)c1CSCC(=O)Nc1cccc(CCC(=O)O)c1. The Morgan fingerprint density at radius 1 is 1.33 bits per heavy atom. The van der Waals surface area contributed by atoms with Crippen molar-refractivity contribution in [1.29, 1.82) is 0 Å². The Hall–Kier alpha value is -2.28. The third-order valence-electron chi connectivity index (χ3n) is 3.50. The highest BCUT2D eigenvalue weighted by molar-refractivity contribution is 7.99. The summed E-state index contributed by atoms with van der Waals surface area (Å²) in [5, 5.41) is 15.4. The summed E-state index contributed by atoms with van der Waals surface area (Å²) in [5.74, 6) is 0.852. The maximum atomic E-state index is 12.0. The molecule has 0 fully saturated rings. The number of carbonyl (C=O) groups excluding carboxylic acids is 1. The number of anilines is 1. The predicted molar refractivity (Wildman–Crippen MR) is 93.2 cm³/mol. The van der Waals surface area contributed by atoms with E-state index in [0.717, 1.165) is 22.6 Å².